The largest absolute Gasteiger partial charge is 0.329 e. The van der Waals surface area contributed by atoms with E-state index in [1.165, 1.54) is 9.75 Å². The van der Waals surface area contributed by atoms with Gasteiger partial charge < -0.3 is 9.55 Å². The van der Waals surface area contributed by atoms with Gasteiger partial charge in [0.2, 0.25) is 0 Å². The highest BCUT2D eigenvalue weighted by atomic mass is 32.1. The number of imidazole rings is 1. The van der Waals surface area contributed by atoms with Crippen LogP contribution in [0.25, 0.3) is 11.0 Å². The van der Waals surface area contributed by atoms with Crippen LogP contribution in [0, 0.1) is 23.0 Å². The molecule has 1 unspecified atom stereocenters. The first kappa shape index (κ1) is 13.1. The molecule has 3 nitrogen and oxygen atoms in total. The van der Waals surface area contributed by atoms with E-state index in [2.05, 4.69) is 41.6 Å². The molecule has 3 aromatic rings. The predicted molar refractivity (Wildman–Crippen MR) is 84.7 cm³/mol. The Kier molecular flexibility index (Phi) is 3.20. The summed E-state index contributed by atoms with van der Waals surface area (Å²) in [4.78, 5) is 5.72. The third-order valence-corrected chi connectivity index (χ3v) is 4.90. The zero-order chi connectivity index (χ0) is 14.3. The smallest absolute Gasteiger partial charge is 0.178 e. The number of nitriles is 1. The quantitative estimate of drug-likeness (QED) is 0.705. The second kappa shape index (κ2) is 4.89. The van der Waals surface area contributed by atoms with E-state index >= 15 is 0 Å². The molecule has 0 aliphatic carbocycles. The average molecular weight is 299 g/mol. The summed E-state index contributed by atoms with van der Waals surface area (Å²) in [5.74, 6) is 0. The van der Waals surface area contributed by atoms with Gasteiger partial charge in [-0.05, 0) is 50.3 Å². The zero-order valence-corrected chi connectivity index (χ0v) is 12.8. The van der Waals surface area contributed by atoms with Crippen molar-refractivity contribution < 1.29 is 0 Å². The fraction of sp³-hybridized carbons (Fsp3) is 0.200. The summed E-state index contributed by atoms with van der Waals surface area (Å²) >= 11 is 7.22. The van der Waals surface area contributed by atoms with Crippen LogP contribution in [0.1, 0.15) is 28.3 Å². The van der Waals surface area contributed by atoms with Crippen molar-refractivity contribution in [3.63, 3.8) is 0 Å². The Morgan fingerprint density at radius 3 is 2.80 bits per heavy atom. The maximum atomic E-state index is 9.18. The van der Waals surface area contributed by atoms with Crippen molar-refractivity contribution in [1.82, 2.24) is 9.55 Å². The number of para-hydroxylation sites is 1. The molecule has 5 heteroatoms. The molecule has 0 amide bonds. The van der Waals surface area contributed by atoms with Crippen molar-refractivity contribution in [3.05, 3.63) is 50.4 Å². The molecule has 0 aliphatic rings. The van der Waals surface area contributed by atoms with E-state index < -0.39 is 0 Å². The Labute approximate surface area is 126 Å². The molecule has 1 aromatic carbocycles. The van der Waals surface area contributed by atoms with Crippen LogP contribution < -0.4 is 0 Å². The normalized spacial score (nSPS) is 12.4. The van der Waals surface area contributed by atoms with Crippen LogP contribution in [0.15, 0.2) is 30.3 Å². The number of fused-ring (bicyclic) bond motifs is 1. The van der Waals surface area contributed by atoms with Crippen molar-refractivity contribution in [2.24, 2.45) is 0 Å². The highest BCUT2D eigenvalue weighted by Gasteiger charge is 2.15. The van der Waals surface area contributed by atoms with E-state index in [0.29, 0.717) is 10.3 Å². The maximum Gasteiger partial charge on any atom is 0.178 e. The van der Waals surface area contributed by atoms with Gasteiger partial charge in [0.15, 0.2) is 4.77 Å². The fourth-order valence-electron chi connectivity index (χ4n) is 2.43. The number of benzene rings is 1. The molecule has 0 saturated carbocycles. The number of aryl methyl sites for hydroxylation is 1. The van der Waals surface area contributed by atoms with Crippen LogP contribution in [0.5, 0.6) is 0 Å². The number of rotatable bonds is 2. The summed E-state index contributed by atoms with van der Waals surface area (Å²) in [6.45, 7) is 4.23. The Balaban J connectivity index is 2.24. The summed E-state index contributed by atoms with van der Waals surface area (Å²) in [6, 6.07) is 12.3. The van der Waals surface area contributed by atoms with Crippen molar-refractivity contribution in [2.75, 3.05) is 0 Å². The number of H-pyrrole nitrogens is 1. The molecule has 0 fully saturated rings. The number of aromatic nitrogens is 2. The Morgan fingerprint density at radius 1 is 1.35 bits per heavy atom. The standard InChI is InChI=1S/C15H13N3S2/c1-9-6-7-13(20-9)10(2)18-12-5-3-4-11(8-16)14(12)17-15(18)19/h3-7,10H,1-2H3,(H,17,19). The third kappa shape index (κ3) is 1.98. The minimum Gasteiger partial charge on any atom is -0.329 e. The first-order valence-corrected chi connectivity index (χ1v) is 7.54. The molecule has 0 bridgehead atoms. The minimum absolute atomic E-state index is 0.156. The van der Waals surface area contributed by atoms with Gasteiger partial charge >= 0.3 is 0 Å². The van der Waals surface area contributed by atoms with E-state index in [1.54, 1.807) is 17.4 Å². The van der Waals surface area contributed by atoms with Gasteiger partial charge in [-0.3, -0.25) is 0 Å². The summed E-state index contributed by atoms with van der Waals surface area (Å²) in [5.41, 5.74) is 2.43. The van der Waals surface area contributed by atoms with Gasteiger partial charge in [0, 0.05) is 9.75 Å². The molecule has 0 saturated heterocycles. The van der Waals surface area contributed by atoms with E-state index in [1.807, 2.05) is 12.1 Å². The zero-order valence-electron chi connectivity index (χ0n) is 11.2. The Morgan fingerprint density at radius 2 is 2.15 bits per heavy atom. The molecule has 1 N–H and O–H groups in total. The van der Waals surface area contributed by atoms with Crippen LogP contribution in [-0.4, -0.2) is 9.55 Å². The second-order valence-electron chi connectivity index (χ2n) is 4.74. The molecule has 1 atom stereocenters. The topological polar surface area (TPSA) is 44.5 Å². The van der Waals surface area contributed by atoms with E-state index in [-0.39, 0.29) is 6.04 Å². The number of thiophene rings is 1. The molecule has 100 valence electrons. The van der Waals surface area contributed by atoms with Gasteiger partial charge in [0.05, 0.1) is 22.6 Å². The molecule has 2 aromatic heterocycles. The third-order valence-electron chi connectivity index (χ3n) is 3.43. The summed E-state index contributed by atoms with van der Waals surface area (Å²) < 4.78 is 2.73. The predicted octanol–water partition coefficient (Wildman–Crippen LogP) is 4.55. The van der Waals surface area contributed by atoms with Crippen molar-refractivity contribution in [1.29, 1.82) is 5.26 Å². The molecule has 3 rings (SSSR count). The SMILES string of the molecule is Cc1ccc(C(C)n2c(=S)[nH]c3c(C#N)cccc32)s1. The summed E-state index contributed by atoms with van der Waals surface area (Å²) in [7, 11) is 0. The van der Waals surface area contributed by atoms with Gasteiger partial charge in [-0.2, -0.15) is 5.26 Å². The van der Waals surface area contributed by atoms with E-state index in [4.69, 9.17) is 12.2 Å². The highest BCUT2D eigenvalue weighted by molar-refractivity contribution is 7.71. The Hall–Kier alpha value is -1.90. The number of nitrogens with zero attached hydrogens (tertiary/aromatic N) is 2. The lowest BCUT2D eigenvalue weighted by Crippen LogP contribution is -2.04. The first-order valence-electron chi connectivity index (χ1n) is 6.31. The average Bonchev–Trinajstić information content (AvgIpc) is 3.00. The van der Waals surface area contributed by atoms with Crippen LogP contribution in [0.4, 0.5) is 0 Å². The van der Waals surface area contributed by atoms with Gasteiger partial charge in [0.1, 0.15) is 6.07 Å². The molecule has 0 spiro atoms. The first-order chi connectivity index (χ1) is 9.61. The van der Waals surface area contributed by atoms with Crippen LogP contribution in [-0.2, 0) is 0 Å². The number of aromatic amines is 1. The molecule has 0 aliphatic heterocycles. The lowest BCUT2D eigenvalue weighted by Gasteiger charge is -2.12. The summed E-state index contributed by atoms with van der Waals surface area (Å²) in [5, 5.41) is 9.18. The minimum atomic E-state index is 0.156. The van der Waals surface area contributed by atoms with Crippen molar-refractivity contribution in [2.45, 2.75) is 19.9 Å². The summed E-state index contributed by atoms with van der Waals surface area (Å²) in [6.07, 6.45) is 0. The lowest BCUT2D eigenvalue weighted by atomic mass is 10.2. The van der Waals surface area contributed by atoms with E-state index in [9.17, 15) is 5.26 Å². The fourth-order valence-corrected chi connectivity index (χ4v) is 3.71. The van der Waals surface area contributed by atoms with Gasteiger partial charge in [-0.25, -0.2) is 0 Å². The molecule has 0 radical (unpaired) electrons. The monoisotopic (exact) mass is 299 g/mol. The van der Waals surface area contributed by atoms with Crippen LogP contribution in [0.2, 0.25) is 0 Å². The van der Waals surface area contributed by atoms with Gasteiger partial charge in [-0.1, -0.05) is 6.07 Å². The molecule has 2 heterocycles. The molecular weight excluding hydrogens is 286 g/mol. The van der Waals surface area contributed by atoms with Crippen molar-refractivity contribution >= 4 is 34.6 Å². The van der Waals surface area contributed by atoms with Gasteiger partial charge in [-0.15, -0.1) is 11.3 Å². The van der Waals surface area contributed by atoms with E-state index in [0.717, 1.165) is 11.0 Å². The van der Waals surface area contributed by atoms with Crippen molar-refractivity contribution in [3.8, 4) is 6.07 Å². The number of nitrogens with one attached hydrogen (secondary N) is 1. The van der Waals surface area contributed by atoms with Crippen LogP contribution >= 0.6 is 23.6 Å². The second-order valence-corrected chi connectivity index (χ2v) is 6.44. The highest BCUT2D eigenvalue weighted by Crippen LogP contribution is 2.29. The lowest BCUT2D eigenvalue weighted by molar-refractivity contribution is 0.661. The molecular formula is C15H13N3S2. The van der Waals surface area contributed by atoms with Crippen LogP contribution in [0.3, 0.4) is 0 Å². The molecule has 20 heavy (non-hydrogen) atoms. The van der Waals surface area contributed by atoms with Gasteiger partial charge in [0.25, 0.3) is 0 Å². The Bertz CT molecular complexity index is 877. The number of hydrogen-bond acceptors (Lipinski definition) is 3. The maximum absolute atomic E-state index is 9.18. The number of hydrogen-bond donors (Lipinski definition) is 1.